The van der Waals surface area contributed by atoms with E-state index in [1.807, 2.05) is 12.1 Å². The predicted molar refractivity (Wildman–Crippen MR) is 149 cm³/mol. The lowest BCUT2D eigenvalue weighted by Gasteiger charge is -2.36. The maximum absolute atomic E-state index is 13.6. The molecule has 4 aromatic rings. The number of hydrogen-bond acceptors (Lipinski definition) is 7. The van der Waals surface area contributed by atoms with Crippen LogP contribution in [0.5, 0.6) is 0 Å². The fourth-order valence-electron chi connectivity index (χ4n) is 3.91. The molecule has 1 fully saturated rings. The van der Waals surface area contributed by atoms with E-state index >= 15 is 0 Å². The Hall–Kier alpha value is -4.61. The minimum absolute atomic E-state index is 0.0161. The molecule has 0 unspecified atom stereocenters. The standard InChI is InChI=1S/C27H19N5O4S2/c1-29-15-14-28-26(29)38-23-13-12-18(17-22(23)32(35)36)16-21-24(33)30(19-8-4-2-5-9-19)27(37)31(25(21)34)20-10-6-3-7-11-20/h2-17H,1H3. The van der Waals surface area contributed by atoms with Crippen molar-refractivity contribution in [2.75, 3.05) is 9.80 Å². The van der Waals surface area contributed by atoms with E-state index in [-0.39, 0.29) is 16.4 Å². The second-order valence-electron chi connectivity index (χ2n) is 8.20. The highest BCUT2D eigenvalue weighted by Crippen LogP contribution is 2.36. The number of imidazole rings is 1. The lowest BCUT2D eigenvalue weighted by molar-refractivity contribution is -0.387. The normalized spacial score (nSPS) is 13.7. The Kier molecular flexibility index (Phi) is 6.86. The number of carbonyl (C=O) groups is 2. The Morgan fingerprint density at radius 2 is 1.50 bits per heavy atom. The lowest BCUT2D eigenvalue weighted by atomic mass is 10.0. The third-order valence-corrected chi connectivity index (χ3v) is 7.25. The van der Waals surface area contributed by atoms with E-state index in [9.17, 15) is 19.7 Å². The Morgan fingerprint density at radius 3 is 2.00 bits per heavy atom. The maximum Gasteiger partial charge on any atom is 0.283 e. The van der Waals surface area contributed by atoms with Gasteiger partial charge in [0.15, 0.2) is 10.3 Å². The molecule has 5 rings (SSSR count). The zero-order valence-corrected chi connectivity index (χ0v) is 21.6. The zero-order chi connectivity index (χ0) is 26.8. The molecule has 0 saturated carbocycles. The molecule has 0 spiro atoms. The van der Waals surface area contributed by atoms with Crippen molar-refractivity contribution in [3.63, 3.8) is 0 Å². The zero-order valence-electron chi connectivity index (χ0n) is 19.9. The molecule has 9 nitrogen and oxygen atoms in total. The molecule has 1 saturated heterocycles. The molecule has 2 amide bonds. The van der Waals surface area contributed by atoms with Crippen LogP contribution in [-0.4, -0.2) is 31.4 Å². The molecule has 0 atom stereocenters. The van der Waals surface area contributed by atoms with Crippen LogP contribution in [0.2, 0.25) is 0 Å². The van der Waals surface area contributed by atoms with Gasteiger partial charge in [-0.2, -0.15) is 0 Å². The fraction of sp³-hybridized carbons (Fsp3) is 0.0370. The molecule has 1 aromatic heterocycles. The Labute approximate surface area is 227 Å². The molecule has 11 heteroatoms. The molecule has 3 aromatic carbocycles. The van der Waals surface area contributed by atoms with E-state index in [0.29, 0.717) is 27.0 Å². The van der Waals surface area contributed by atoms with Gasteiger partial charge in [-0.05, 0) is 66.0 Å². The summed E-state index contributed by atoms with van der Waals surface area (Å²) >= 11 is 6.75. The van der Waals surface area contributed by atoms with Gasteiger partial charge in [0.05, 0.1) is 21.2 Å². The summed E-state index contributed by atoms with van der Waals surface area (Å²) in [5.41, 5.74) is 0.971. The smallest absolute Gasteiger partial charge is 0.283 e. The number of rotatable bonds is 6. The van der Waals surface area contributed by atoms with E-state index in [1.165, 1.54) is 21.9 Å². The molecule has 2 heterocycles. The van der Waals surface area contributed by atoms with Crippen molar-refractivity contribution in [3.8, 4) is 0 Å². The van der Waals surface area contributed by atoms with Gasteiger partial charge >= 0.3 is 0 Å². The van der Waals surface area contributed by atoms with Crippen molar-refractivity contribution >= 4 is 64.0 Å². The SMILES string of the molecule is Cn1ccnc1Sc1ccc(C=C2C(=O)N(c3ccccc3)C(=S)N(c3ccccc3)C2=O)cc1[N+](=O)[O-]. The van der Waals surface area contributed by atoms with Crippen molar-refractivity contribution in [1.82, 2.24) is 9.55 Å². The second-order valence-corrected chi connectivity index (χ2v) is 9.57. The van der Waals surface area contributed by atoms with Crippen LogP contribution >= 0.6 is 24.0 Å². The average molecular weight is 542 g/mol. The van der Waals surface area contributed by atoms with Gasteiger partial charge in [-0.15, -0.1) is 0 Å². The molecule has 0 bridgehead atoms. The average Bonchev–Trinajstić information content (AvgIpc) is 3.32. The highest BCUT2D eigenvalue weighted by molar-refractivity contribution is 7.99. The number of nitro groups is 1. The van der Waals surface area contributed by atoms with Crippen LogP contribution in [0.1, 0.15) is 5.56 Å². The Morgan fingerprint density at radius 1 is 0.921 bits per heavy atom. The number of benzene rings is 3. The highest BCUT2D eigenvalue weighted by Gasteiger charge is 2.41. The van der Waals surface area contributed by atoms with Crippen LogP contribution in [0.25, 0.3) is 6.08 Å². The third kappa shape index (κ3) is 4.72. The summed E-state index contributed by atoms with van der Waals surface area (Å²) < 4.78 is 1.75. The first-order valence-electron chi connectivity index (χ1n) is 11.3. The number of amides is 2. The van der Waals surface area contributed by atoms with E-state index < -0.39 is 16.7 Å². The number of aromatic nitrogens is 2. The van der Waals surface area contributed by atoms with Gasteiger partial charge in [0.25, 0.3) is 17.5 Å². The van der Waals surface area contributed by atoms with E-state index in [4.69, 9.17) is 12.2 Å². The van der Waals surface area contributed by atoms with Gasteiger partial charge < -0.3 is 4.57 Å². The first-order chi connectivity index (χ1) is 18.3. The molecule has 1 aliphatic heterocycles. The maximum atomic E-state index is 13.6. The van der Waals surface area contributed by atoms with Gasteiger partial charge in [0.1, 0.15) is 5.57 Å². The van der Waals surface area contributed by atoms with Crippen LogP contribution in [0.15, 0.2) is 107 Å². The number of anilines is 2. The van der Waals surface area contributed by atoms with Gasteiger partial charge in [0, 0.05) is 25.5 Å². The summed E-state index contributed by atoms with van der Waals surface area (Å²) in [7, 11) is 1.79. The van der Waals surface area contributed by atoms with Gasteiger partial charge in [-0.25, -0.2) is 4.98 Å². The van der Waals surface area contributed by atoms with Gasteiger partial charge in [0.2, 0.25) is 0 Å². The van der Waals surface area contributed by atoms with Crippen molar-refractivity contribution in [2.24, 2.45) is 7.05 Å². The lowest BCUT2D eigenvalue weighted by Crippen LogP contribution is -2.56. The van der Waals surface area contributed by atoms with E-state index in [2.05, 4.69) is 4.98 Å². The minimum Gasteiger partial charge on any atom is -0.329 e. The van der Waals surface area contributed by atoms with Crippen LogP contribution < -0.4 is 9.80 Å². The Balaban J connectivity index is 1.59. The number of carbonyl (C=O) groups excluding carboxylic acids is 2. The number of aryl methyl sites for hydroxylation is 1. The largest absolute Gasteiger partial charge is 0.329 e. The molecule has 0 radical (unpaired) electrons. The molecule has 1 aliphatic rings. The number of nitro benzene ring substituents is 1. The van der Waals surface area contributed by atoms with Gasteiger partial charge in [-0.3, -0.25) is 29.5 Å². The number of thiocarbonyl (C=S) groups is 1. The predicted octanol–water partition coefficient (Wildman–Crippen LogP) is 5.23. The van der Waals surface area contributed by atoms with Crippen LogP contribution in [0.3, 0.4) is 0 Å². The van der Waals surface area contributed by atoms with Crippen molar-refractivity contribution in [3.05, 3.63) is 113 Å². The molecule has 38 heavy (non-hydrogen) atoms. The molecular formula is C27H19N5O4S2. The Bertz CT molecular complexity index is 1540. The summed E-state index contributed by atoms with van der Waals surface area (Å²) in [5.74, 6) is -1.24. The molecule has 0 N–H and O–H groups in total. The van der Waals surface area contributed by atoms with Crippen LogP contribution in [-0.2, 0) is 16.6 Å². The van der Waals surface area contributed by atoms with Crippen LogP contribution in [0, 0.1) is 10.1 Å². The summed E-state index contributed by atoms with van der Waals surface area (Å²) in [6.07, 6.45) is 4.71. The highest BCUT2D eigenvalue weighted by atomic mass is 32.2. The third-order valence-electron chi connectivity index (χ3n) is 5.75. The minimum atomic E-state index is -0.618. The van der Waals surface area contributed by atoms with Gasteiger partial charge in [-0.1, -0.05) is 42.5 Å². The summed E-state index contributed by atoms with van der Waals surface area (Å²) in [6.45, 7) is 0. The molecule has 0 aliphatic carbocycles. The van der Waals surface area contributed by atoms with Crippen molar-refractivity contribution in [1.29, 1.82) is 0 Å². The van der Waals surface area contributed by atoms with Crippen molar-refractivity contribution < 1.29 is 14.5 Å². The topological polar surface area (TPSA) is 102 Å². The fourth-order valence-corrected chi connectivity index (χ4v) is 5.17. The van der Waals surface area contributed by atoms with E-state index in [0.717, 1.165) is 11.8 Å². The second kappa shape index (κ2) is 10.4. The number of nitrogens with zero attached hydrogens (tertiary/aromatic N) is 5. The van der Waals surface area contributed by atoms with E-state index in [1.54, 1.807) is 84.7 Å². The van der Waals surface area contributed by atoms with Crippen LogP contribution in [0.4, 0.5) is 17.1 Å². The first-order valence-corrected chi connectivity index (χ1v) is 12.6. The number of hydrogen-bond donors (Lipinski definition) is 0. The van der Waals surface area contributed by atoms with Crippen molar-refractivity contribution in [2.45, 2.75) is 10.1 Å². The summed E-state index contributed by atoms with van der Waals surface area (Å²) in [6, 6.07) is 22.1. The molecule has 188 valence electrons. The monoisotopic (exact) mass is 541 g/mol. The first kappa shape index (κ1) is 25.1. The summed E-state index contributed by atoms with van der Waals surface area (Å²) in [5, 5.41) is 12.5. The molecular weight excluding hydrogens is 522 g/mol. The quantitative estimate of drug-likeness (QED) is 0.108. The number of para-hydroxylation sites is 2. The summed E-state index contributed by atoms with van der Waals surface area (Å²) in [4.78, 5) is 45.8.